The molecule has 3 nitrogen and oxygen atoms in total. The average molecular weight is 250 g/mol. The molecular formula is C7H8BrNO2S. The molecule has 1 rings (SSSR count). The third kappa shape index (κ3) is 2.30. The van der Waals surface area contributed by atoms with Crippen molar-refractivity contribution in [2.24, 2.45) is 0 Å². The predicted octanol–water partition coefficient (Wildman–Crippen LogP) is 1.32. The lowest BCUT2D eigenvalue weighted by Gasteiger charge is -2.01. The molecule has 0 aliphatic rings. The zero-order chi connectivity index (χ0) is 9.03. The molecule has 0 saturated heterocycles. The molecule has 0 aliphatic heterocycles. The second-order valence-corrected chi connectivity index (χ2v) is 4.42. The second-order valence-electron chi connectivity index (χ2n) is 2.09. The summed E-state index contributed by atoms with van der Waals surface area (Å²) >= 11 is 2.99. The topological polar surface area (TPSA) is 46.2 Å². The van der Waals surface area contributed by atoms with Crippen LogP contribution >= 0.6 is 15.9 Å². The van der Waals surface area contributed by atoms with Crippen LogP contribution in [0, 0.1) is 0 Å². The van der Waals surface area contributed by atoms with Gasteiger partial charge in [0.05, 0.1) is 10.3 Å². The molecule has 0 atom stereocenters. The van der Waals surface area contributed by atoms with E-state index in [1.807, 2.05) is 0 Å². The molecule has 12 heavy (non-hydrogen) atoms. The first-order chi connectivity index (χ1) is 5.67. The fourth-order valence-electron chi connectivity index (χ4n) is 0.755. The highest BCUT2D eigenvalue weighted by atomic mass is 79.9. The minimum Gasteiger partial charge on any atom is -0.207 e. The standard InChI is InChI=1S/C7H8BrNO2S/c8-6-9-12(10,11)7-4-2-1-3-5-7/h1-5,9H,6H2. The summed E-state index contributed by atoms with van der Waals surface area (Å²) < 4.78 is 24.9. The van der Waals surface area contributed by atoms with E-state index < -0.39 is 10.0 Å². The summed E-state index contributed by atoms with van der Waals surface area (Å²) in [5.74, 6) is 0. The molecule has 0 spiro atoms. The Morgan fingerprint density at radius 1 is 1.25 bits per heavy atom. The van der Waals surface area contributed by atoms with E-state index in [0.717, 1.165) is 0 Å². The van der Waals surface area contributed by atoms with Crippen molar-refractivity contribution in [2.45, 2.75) is 4.90 Å². The Morgan fingerprint density at radius 2 is 1.83 bits per heavy atom. The minimum absolute atomic E-state index is 0.226. The fourth-order valence-corrected chi connectivity index (χ4v) is 2.48. The van der Waals surface area contributed by atoms with E-state index in [1.165, 1.54) is 0 Å². The summed E-state index contributed by atoms with van der Waals surface area (Å²) in [6, 6.07) is 8.23. The molecule has 1 N–H and O–H groups in total. The first-order valence-electron chi connectivity index (χ1n) is 3.27. The van der Waals surface area contributed by atoms with Crippen LogP contribution in [0.15, 0.2) is 35.2 Å². The van der Waals surface area contributed by atoms with Gasteiger partial charge >= 0.3 is 0 Å². The van der Waals surface area contributed by atoms with Gasteiger partial charge in [0.1, 0.15) is 0 Å². The predicted molar refractivity (Wildman–Crippen MR) is 50.6 cm³/mol. The van der Waals surface area contributed by atoms with Gasteiger partial charge in [-0.1, -0.05) is 34.1 Å². The normalized spacial score (nSPS) is 11.4. The number of hydrogen-bond donors (Lipinski definition) is 1. The van der Waals surface area contributed by atoms with Crippen LogP contribution < -0.4 is 4.72 Å². The monoisotopic (exact) mass is 249 g/mol. The van der Waals surface area contributed by atoms with Crippen molar-refractivity contribution in [1.29, 1.82) is 0 Å². The molecule has 66 valence electrons. The molecule has 1 aromatic carbocycles. The van der Waals surface area contributed by atoms with E-state index in [4.69, 9.17) is 0 Å². The number of alkyl halides is 1. The van der Waals surface area contributed by atoms with E-state index in [9.17, 15) is 8.42 Å². The summed E-state index contributed by atoms with van der Waals surface area (Å²) in [5.41, 5.74) is 0.226. The van der Waals surface area contributed by atoms with Crippen LogP contribution in [0.5, 0.6) is 0 Å². The number of nitrogens with one attached hydrogen (secondary N) is 1. The number of benzene rings is 1. The zero-order valence-corrected chi connectivity index (χ0v) is 8.60. The van der Waals surface area contributed by atoms with Crippen molar-refractivity contribution in [2.75, 3.05) is 5.45 Å². The highest BCUT2D eigenvalue weighted by Gasteiger charge is 2.10. The van der Waals surface area contributed by atoms with E-state index in [1.54, 1.807) is 30.3 Å². The van der Waals surface area contributed by atoms with Crippen LogP contribution in [0.25, 0.3) is 0 Å². The van der Waals surface area contributed by atoms with Gasteiger partial charge in [0.2, 0.25) is 10.0 Å². The van der Waals surface area contributed by atoms with Gasteiger partial charge in [-0.05, 0) is 12.1 Å². The Labute approximate surface area is 80.0 Å². The first kappa shape index (κ1) is 9.70. The van der Waals surface area contributed by atoms with Crippen molar-refractivity contribution in [3.63, 3.8) is 0 Å². The van der Waals surface area contributed by atoms with Gasteiger partial charge in [-0.25, -0.2) is 13.1 Å². The van der Waals surface area contributed by atoms with Gasteiger partial charge in [-0.15, -0.1) is 0 Å². The van der Waals surface area contributed by atoms with Crippen LogP contribution in [0.3, 0.4) is 0 Å². The molecule has 0 aromatic heterocycles. The molecule has 0 amide bonds. The average Bonchev–Trinajstić information content (AvgIpc) is 2.06. The van der Waals surface area contributed by atoms with Crippen molar-refractivity contribution < 1.29 is 8.42 Å². The molecule has 0 saturated carbocycles. The van der Waals surface area contributed by atoms with Crippen LogP contribution in [0.2, 0.25) is 0 Å². The minimum atomic E-state index is -3.31. The van der Waals surface area contributed by atoms with E-state index in [2.05, 4.69) is 20.7 Å². The maximum atomic E-state index is 11.3. The summed E-state index contributed by atoms with van der Waals surface area (Å²) in [7, 11) is -3.31. The van der Waals surface area contributed by atoms with Crippen molar-refractivity contribution in [1.82, 2.24) is 4.72 Å². The highest BCUT2D eigenvalue weighted by Crippen LogP contribution is 2.06. The lowest BCUT2D eigenvalue weighted by atomic mass is 10.4. The fraction of sp³-hybridized carbons (Fsp3) is 0.143. The molecular weight excluding hydrogens is 242 g/mol. The van der Waals surface area contributed by atoms with Crippen LogP contribution in [-0.2, 0) is 10.0 Å². The third-order valence-electron chi connectivity index (χ3n) is 1.30. The van der Waals surface area contributed by atoms with Gasteiger partial charge in [0.25, 0.3) is 0 Å². The Hall–Kier alpha value is -0.390. The lowest BCUT2D eigenvalue weighted by Crippen LogP contribution is -2.21. The van der Waals surface area contributed by atoms with Crippen molar-refractivity contribution in [3.8, 4) is 0 Å². The van der Waals surface area contributed by atoms with Crippen LogP contribution in [0.4, 0.5) is 0 Å². The molecule has 0 heterocycles. The summed E-state index contributed by atoms with van der Waals surface area (Å²) in [6.07, 6.45) is 0. The molecule has 5 heteroatoms. The van der Waals surface area contributed by atoms with E-state index >= 15 is 0 Å². The summed E-state index contributed by atoms with van der Waals surface area (Å²) in [6.45, 7) is 0. The summed E-state index contributed by atoms with van der Waals surface area (Å²) in [5, 5.41) is 0. The van der Waals surface area contributed by atoms with Crippen LogP contribution in [-0.4, -0.2) is 13.9 Å². The second kappa shape index (κ2) is 4.02. The molecule has 1 aromatic rings. The van der Waals surface area contributed by atoms with Gasteiger partial charge in [0.15, 0.2) is 0 Å². The zero-order valence-electron chi connectivity index (χ0n) is 6.20. The number of sulfonamides is 1. The third-order valence-corrected chi connectivity index (χ3v) is 3.37. The van der Waals surface area contributed by atoms with Gasteiger partial charge < -0.3 is 0 Å². The summed E-state index contributed by atoms with van der Waals surface area (Å²) in [4.78, 5) is 0.282. The molecule has 0 bridgehead atoms. The van der Waals surface area contributed by atoms with Gasteiger partial charge in [-0.3, -0.25) is 0 Å². The van der Waals surface area contributed by atoms with Gasteiger partial charge in [-0.2, -0.15) is 0 Å². The van der Waals surface area contributed by atoms with E-state index in [-0.39, 0.29) is 10.3 Å². The largest absolute Gasteiger partial charge is 0.241 e. The molecule has 0 radical (unpaired) electrons. The van der Waals surface area contributed by atoms with Crippen LogP contribution in [0.1, 0.15) is 0 Å². The Morgan fingerprint density at radius 3 is 2.33 bits per heavy atom. The smallest absolute Gasteiger partial charge is 0.207 e. The maximum Gasteiger partial charge on any atom is 0.241 e. The number of hydrogen-bond acceptors (Lipinski definition) is 2. The van der Waals surface area contributed by atoms with Gasteiger partial charge in [0, 0.05) is 0 Å². The SMILES string of the molecule is O=S(=O)(NCBr)c1ccccc1. The number of halogens is 1. The van der Waals surface area contributed by atoms with Crippen molar-refractivity contribution in [3.05, 3.63) is 30.3 Å². The highest BCUT2D eigenvalue weighted by molar-refractivity contribution is 9.09. The van der Waals surface area contributed by atoms with Crippen molar-refractivity contribution >= 4 is 26.0 Å². The quantitative estimate of drug-likeness (QED) is 0.649. The lowest BCUT2D eigenvalue weighted by molar-refractivity contribution is 0.587. The molecule has 0 aliphatic carbocycles. The molecule has 0 fully saturated rings. The molecule has 0 unspecified atom stereocenters. The first-order valence-corrected chi connectivity index (χ1v) is 5.88. The Balaban J connectivity index is 2.99. The Bertz CT molecular complexity index is 336. The Kier molecular flexibility index (Phi) is 3.25. The maximum absolute atomic E-state index is 11.3. The number of rotatable bonds is 3. The van der Waals surface area contributed by atoms with E-state index in [0.29, 0.717) is 0 Å².